The fourth-order valence-electron chi connectivity index (χ4n) is 2.91. The van der Waals surface area contributed by atoms with Crippen molar-refractivity contribution in [1.29, 1.82) is 0 Å². The Morgan fingerprint density at radius 3 is 2.85 bits per heavy atom. The van der Waals surface area contributed by atoms with Gasteiger partial charge in [0.25, 0.3) is 0 Å². The van der Waals surface area contributed by atoms with Crippen LogP contribution >= 0.6 is 11.3 Å². The van der Waals surface area contributed by atoms with Crippen molar-refractivity contribution < 1.29 is 4.79 Å². The van der Waals surface area contributed by atoms with E-state index in [9.17, 15) is 4.79 Å². The first-order valence-corrected chi connectivity index (χ1v) is 8.35. The van der Waals surface area contributed by atoms with Crippen molar-refractivity contribution in [2.45, 2.75) is 38.0 Å². The maximum Gasteiger partial charge on any atom is 0.250 e. The van der Waals surface area contributed by atoms with Crippen molar-refractivity contribution in [2.75, 3.05) is 13.1 Å². The van der Waals surface area contributed by atoms with Crippen LogP contribution < -0.4 is 0 Å². The quantitative estimate of drug-likeness (QED) is 0.853. The lowest BCUT2D eigenvalue weighted by atomic mass is 10.2. The smallest absolute Gasteiger partial charge is 0.250 e. The highest BCUT2D eigenvalue weighted by atomic mass is 32.1. The Hall–Kier alpha value is -1.42. The van der Waals surface area contributed by atoms with Gasteiger partial charge in [0, 0.05) is 30.0 Å². The molecule has 0 aromatic carbocycles. The summed E-state index contributed by atoms with van der Waals surface area (Å²) in [6, 6.07) is 0. The molecule has 1 amide bonds. The van der Waals surface area contributed by atoms with Gasteiger partial charge >= 0.3 is 0 Å². The molecule has 4 rings (SSSR count). The van der Waals surface area contributed by atoms with Gasteiger partial charge in [0.2, 0.25) is 5.91 Å². The number of aromatic nitrogens is 1. The molecule has 1 aromatic heterocycles. The highest BCUT2D eigenvalue weighted by molar-refractivity contribution is 7.09. The number of hydrogen-bond acceptors (Lipinski definition) is 3. The fourth-order valence-corrected chi connectivity index (χ4v) is 3.91. The van der Waals surface area contributed by atoms with Gasteiger partial charge in [-0.1, -0.05) is 6.08 Å². The number of hydrogen-bond donors (Lipinski definition) is 0. The van der Waals surface area contributed by atoms with Crippen LogP contribution in [0.3, 0.4) is 0 Å². The van der Waals surface area contributed by atoms with Crippen LogP contribution in [0, 0.1) is 0 Å². The molecule has 0 N–H and O–H groups in total. The summed E-state index contributed by atoms with van der Waals surface area (Å²) in [4.78, 5) is 19.1. The van der Waals surface area contributed by atoms with Crippen LogP contribution in [0.5, 0.6) is 0 Å². The van der Waals surface area contributed by atoms with Gasteiger partial charge in [-0.25, -0.2) is 4.98 Å². The molecule has 1 aromatic rings. The molecule has 0 atom stereocenters. The minimum absolute atomic E-state index is 0.228. The van der Waals surface area contributed by atoms with Crippen LogP contribution in [-0.2, 0) is 4.79 Å². The molecule has 0 radical (unpaired) electrons. The monoisotopic (exact) mass is 286 g/mol. The Morgan fingerprint density at radius 1 is 1.30 bits per heavy atom. The van der Waals surface area contributed by atoms with Crippen LogP contribution in [0.4, 0.5) is 0 Å². The molecule has 4 heteroatoms. The lowest BCUT2D eigenvalue weighted by Crippen LogP contribution is -2.28. The van der Waals surface area contributed by atoms with Crippen molar-refractivity contribution in [2.24, 2.45) is 0 Å². The van der Waals surface area contributed by atoms with Crippen molar-refractivity contribution in [3.8, 4) is 0 Å². The highest BCUT2D eigenvalue weighted by Crippen LogP contribution is 2.42. The standard InChI is InChI=1S/C16H18N2OS/c19-16(18-7-1-2-8-18)13-6-5-12(9-13)14-10-20-15(17-14)11-3-4-11/h5,9-11H,1-4,6-8H2. The molecule has 3 aliphatic rings. The largest absolute Gasteiger partial charge is 0.339 e. The first-order valence-electron chi connectivity index (χ1n) is 7.47. The maximum absolute atomic E-state index is 12.4. The Balaban J connectivity index is 1.50. The van der Waals surface area contributed by atoms with E-state index in [1.54, 1.807) is 11.3 Å². The van der Waals surface area contributed by atoms with E-state index in [0.29, 0.717) is 5.92 Å². The first kappa shape index (κ1) is 12.3. The number of carbonyl (C=O) groups excluding carboxylic acids is 1. The Labute approximate surface area is 123 Å². The third kappa shape index (κ3) is 2.22. The molecule has 1 aliphatic heterocycles. The van der Waals surface area contributed by atoms with E-state index in [1.165, 1.54) is 17.8 Å². The maximum atomic E-state index is 12.4. The van der Waals surface area contributed by atoms with Gasteiger partial charge in [-0.2, -0.15) is 0 Å². The second-order valence-corrected chi connectivity index (χ2v) is 6.77. The average molecular weight is 286 g/mol. The number of carbonyl (C=O) groups is 1. The molecule has 2 aliphatic carbocycles. The molecular weight excluding hydrogens is 268 g/mol. The van der Waals surface area contributed by atoms with Gasteiger partial charge in [0.05, 0.1) is 10.7 Å². The van der Waals surface area contributed by atoms with E-state index >= 15 is 0 Å². The van der Waals surface area contributed by atoms with Gasteiger partial charge in [0.15, 0.2) is 0 Å². The van der Waals surface area contributed by atoms with Crippen molar-refractivity contribution in [3.63, 3.8) is 0 Å². The third-order valence-corrected chi connectivity index (χ3v) is 5.29. The topological polar surface area (TPSA) is 33.2 Å². The van der Waals surface area contributed by atoms with Crippen LogP contribution in [0.15, 0.2) is 23.1 Å². The molecule has 2 fully saturated rings. The average Bonchev–Trinajstić information content (AvgIpc) is 2.98. The summed E-state index contributed by atoms with van der Waals surface area (Å²) in [7, 11) is 0. The summed E-state index contributed by atoms with van der Waals surface area (Å²) in [5.41, 5.74) is 3.12. The molecule has 1 saturated heterocycles. The molecule has 104 valence electrons. The molecule has 1 saturated carbocycles. The normalized spacial score (nSPS) is 22.1. The predicted molar refractivity (Wildman–Crippen MR) is 80.6 cm³/mol. The lowest BCUT2D eigenvalue weighted by molar-refractivity contribution is -0.126. The van der Waals surface area contributed by atoms with Crippen molar-refractivity contribution >= 4 is 22.8 Å². The number of likely N-dealkylation sites (tertiary alicyclic amines) is 1. The zero-order valence-electron chi connectivity index (χ0n) is 11.5. The Kier molecular flexibility index (Phi) is 2.99. The number of nitrogens with zero attached hydrogens (tertiary/aromatic N) is 2. The van der Waals surface area contributed by atoms with E-state index in [0.717, 1.165) is 49.2 Å². The van der Waals surface area contributed by atoms with Crippen LogP contribution in [0.2, 0.25) is 0 Å². The molecule has 0 unspecified atom stereocenters. The molecular formula is C16H18N2OS. The highest BCUT2D eigenvalue weighted by Gasteiger charge is 2.28. The second kappa shape index (κ2) is 4.85. The zero-order valence-corrected chi connectivity index (χ0v) is 12.3. The van der Waals surface area contributed by atoms with Gasteiger partial charge in [0.1, 0.15) is 0 Å². The summed E-state index contributed by atoms with van der Waals surface area (Å²) in [5, 5.41) is 3.41. The molecule has 0 spiro atoms. The summed E-state index contributed by atoms with van der Waals surface area (Å²) in [6.45, 7) is 1.85. The third-order valence-electron chi connectivity index (χ3n) is 4.28. The number of allylic oxidation sites excluding steroid dienone is 3. The minimum Gasteiger partial charge on any atom is -0.339 e. The van der Waals surface area contributed by atoms with Crippen molar-refractivity contribution in [3.05, 3.63) is 33.8 Å². The lowest BCUT2D eigenvalue weighted by Gasteiger charge is -2.15. The summed E-state index contributed by atoms with van der Waals surface area (Å²) in [6.07, 6.45) is 9.84. The molecule has 0 bridgehead atoms. The predicted octanol–water partition coefficient (Wildman–Crippen LogP) is 3.36. The van der Waals surface area contributed by atoms with Crippen LogP contribution in [-0.4, -0.2) is 28.9 Å². The van der Waals surface area contributed by atoms with E-state index in [-0.39, 0.29) is 5.91 Å². The van der Waals surface area contributed by atoms with E-state index in [4.69, 9.17) is 4.98 Å². The summed E-state index contributed by atoms with van der Waals surface area (Å²) in [5.74, 6) is 0.942. The number of rotatable bonds is 3. The Bertz CT molecular complexity index is 604. The molecule has 20 heavy (non-hydrogen) atoms. The Morgan fingerprint density at radius 2 is 2.10 bits per heavy atom. The van der Waals surface area contributed by atoms with Crippen LogP contribution in [0.1, 0.15) is 48.7 Å². The first-order chi connectivity index (χ1) is 9.81. The fraction of sp³-hybridized carbons (Fsp3) is 0.500. The molecule has 2 heterocycles. The zero-order chi connectivity index (χ0) is 13.5. The van der Waals surface area contributed by atoms with Gasteiger partial charge in [-0.05, 0) is 43.8 Å². The number of amides is 1. The number of thiazole rings is 1. The van der Waals surface area contributed by atoms with Gasteiger partial charge in [-0.3, -0.25) is 4.79 Å². The summed E-state index contributed by atoms with van der Waals surface area (Å²) >= 11 is 1.77. The SMILES string of the molecule is O=C(C1=CC(c2csc(C3CC3)n2)=CC1)N1CCCC1. The summed E-state index contributed by atoms with van der Waals surface area (Å²) < 4.78 is 0. The van der Waals surface area contributed by atoms with E-state index < -0.39 is 0 Å². The van der Waals surface area contributed by atoms with Gasteiger partial charge in [-0.15, -0.1) is 11.3 Å². The van der Waals surface area contributed by atoms with Gasteiger partial charge < -0.3 is 4.90 Å². The molecule has 3 nitrogen and oxygen atoms in total. The van der Waals surface area contributed by atoms with E-state index in [1.807, 2.05) is 11.0 Å². The van der Waals surface area contributed by atoms with Crippen molar-refractivity contribution in [1.82, 2.24) is 9.88 Å². The minimum atomic E-state index is 0.228. The van der Waals surface area contributed by atoms with Crippen LogP contribution in [0.25, 0.3) is 5.57 Å². The second-order valence-electron chi connectivity index (χ2n) is 5.88. The van der Waals surface area contributed by atoms with E-state index in [2.05, 4.69) is 11.5 Å².